The van der Waals surface area contributed by atoms with Gasteiger partial charge >= 0.3 is 0 Å². The van der Waals surface area contributed by atoms with Crippen LogP contribution in [0.5, 0.6) is 0 Å². The number of aliphatic hydroxyl groups is 1. The molecule has 0 atom stereocenters. The molecular formula is C11H22O. The summed E-state index contributed by atoms with van der Waals surface area (Å²) in [6.07, 6.45) is 0. The van der Waals surface area contributed by atoms with Gasteiger partial charge in [0, 0.05) is 8.03 Å². The van der Waals surface area contributed by atoms with Crippen LogP contribution in [0.3, 0.4) is 0 Å². The van der Waals surface area contributed by atoms with Crippen molar-refractivity contribution in [1.29, 1.82) is 0 Å². The molecule has 12 heavy (non-hydrogen) atoms. The third-order valence-corrected chi connectivity index (χ3v) is 0.940. The Balaban J connectivity index is -0.000000146. The lowest BCUT2D eigenvalue weighted by Gasteiger charge is -1.82. The van der Waals surface area contributed by atoms with Gasteiger partial charge in [-0.1, -0.05) is 49.7 Å². The Hall–Kier alpha value is -0.820. The predicted octanol–water partition coefficient (Wildman–Crippen LogP) is 3.27. The fourth-order valence-corrected chi connectivity index (χ4v) is 0.534. The number of aliphatic hydroxyl groups excluding tert-OH is 1. The van der Waals surface area contributed by atoms with E-state index in [-0.39, 0.29) is 8.03 Å². The molecule has 0 unspecified atom stereocenters. The van der Waals surface area contributed by atoms with Crippen LogP contribution >= 0.6 is 0 Å². The van der Waals surface area contributed by atoms with E-state index in [4.69, 9.17) is 5.11 Å². The molecule has 1 nitrogen and oxygen atoms in total. The SMILES string of the molecule is CC.CCO.Cc1ccccc1.[HH]. The van der Waals surface area contributed by atoms with Crippen LogP contribution < -0.4 is 0 Å². The van der Waals surface area contributed by atoms with E-state index in [0.29, 0.717) is 0 Å². The maximum Gasteiger partial charge on any atom is 0.0402 e. The monoisotopic (exact) mass is 170 g/mol. The highest BCUT2D eigenvalue weighted by atomic mass is 16.2. The Bertz CT molecular complexity index is 151. The summed E-state index contributed by atoms with van der Waals surface area (Å²) in [4.78, 5) is 0. The van der Waals surface area contributed by atoms with Gasteiger partial charge in [-0.25, -0.2) is 0 Å². The molecule has 0 saturated carbocycles. The summed E-state index contributed by atoms with van der Waals surface area (Å²) >= 11 is 0. The minimum atomic E-state index is 0. The first-order valence-corrected chi connectivity index (χ1v) is 4.43. The van der Waals surface area contributed by atoms with E-state index < -0.39 is 0 Å². The van der Waals surface area contributed by atoms with Crippen LogP contribution in [0.25, 0.3) is 0 Å². The molecule has 0 amide bonds. The molecule has 0 fully saturated rings. The molecule has 1 aromatic carbocycles. The Kier molecular flexibility index (Phi) is 14.7. The van der Waals surface area contributed by atoms with Crippen molar-refractivity contribution in [2.75, 3.05) is 6.61 Å². The quantitative estimate of drug-likeness (QED) is 0.633. The highest BCUT2D eigenvalue weighted by molar-refractivity contribution is 5.11. The van der Waals surface area contributed by atoms with Crippen LogP contribution in [-0.2, 0) is 0 Å². The minimum Gasteiger partial charge on any atom is -0.397 e. The Labute approximate surface area is 77.5 Å². The van der Waals surface area contributed by atoms with Crippen molar-refractivity contribution in [3.05, 3.63) is 35.9 Å². The van der Waals surface area contributed by atoms with E-state index in [9.17, 15) is 0 Å². The topological polar surface area (TPSA) is 20.2 Å². The zero-order valence-electron chi connectivity index (χ0n) is 8.54. The van der Waals surface area contributed by atoms with Crippen molar-refractivity contribution >= 4 is 0 Å². The van der Waals surface area contributed by atoms with Crippen molar-refractivity contribution in [2.24, 2.45) is 0 Å². The van der Waals surface area contributed by atoms with Gasteiger partial charge in [-0.15, -0.1) is 0 Å². The molecule has 0 spiro atoms. The van der Waals surface area contributed by atoms with Gasteiger partial charge in [-0.3, -0.25) is 0 Å². The molecule has 0 bridgehead atoms. The third-order valence-electron chi connectivity index (χ3n) is 0.940. The standard InChI is InChI=1S/C7H8.C2H6O.C2H6.H2/c1-7-5-3-2-4-6-7;1-2-3;1-2;/h2-6H,1H3;3H,2H2,1H3;1-2H3;1H. The highest BCUT2D eigenvalue weighted by Crippen LogP contribution is 1.92. The van der Waals surface area contributed by atoms with Gasteiger partial charge in [0.1, 0.15) is 0 Å². The molecule has 0 heterocycles. The van der Waals surface area contributed by atoms with Crippen LogP contribution in [0.2, 0.25) is 0 Å². The zero-order chi connectivity index (χ0) is 9.82. The fraction of sp³-hybridized carbons (Fsp3) is 0.455. The Morgan fingerprint density at radius 3 is 1.67 bits per heavy atom. The molecule has 1 rings (SSSR count). The molecule has 0 aromatic heterocycles. The normalized spacial score (nSPS) is 7.08. The molecule has 0 radical (unpaired) electrons. The second-order valence-corrected chi connectivity index (χ2v) is 1.97. The van der Waals surface area contributed by atoms with E-state index in [1.54, 1.807) is 6.92 Å². The van der Waals surface area contributed by atoms with Crippen LogP contribution in [0, 0.1) is 6.92 Å². The van der Waals surface area contributed by atoms with Crippen LogP contribution in [-0.4, -0.2) is 11.7 Å². The lowest BCUT2D eigenvalue weighted by molar-refractivity contribution is 0.318. The number of benzene rings is 1. The molecule has 0 saturated heterocycles. The molecular weight excluding hydrogens is 148 g/mol. The highest BCUT2D eigenvalue weighted by Gasteiger charge is 1.72. The number of hydrogen-bond donors (Lipinski definition) is 1. The average Bonchev–Trinajstić information content (AvgIpc) is 2.11. The van der Waals surface area contributed by atoms with Gasteiger partial charge in [0.2, 0.25) is 0 Å². The zero-order valence-corrected chi connectivity index (χ0v) is 8.54. The second-order valence-electron chi connectivity index (χ2n) is 1.97. The lowest BCUT2D eigenvalue weighted by Crippen LogP contribution is -1.62. The summed E-state index contributed by atoms with van der Waals surface area (Å²) < 4.78 is 0. The minimum absolute atomic E-state index is 0. The average molecular weight is 170 g/mol. The lowest BCUT2D eigenvalue weighted by atomic mass is 10.2. The van der Waals surface area contributed by atoms with E-state index in [1.165, 1.54) is 5.56 Å². The van der Waals surface area contributed by atoms with Gasteiger partial charge < -0.3 is 5.11 Å². The molecule has 0 aliphatic carbocycles. The first-order valence-electron chi connectivity index (χ1n) is 4.43. The van der Waals surface area contributed by atoms with Crippen molar-refractivity contribution in [3.63, 3.8) is 0 Å². The molecule has 1 heteroatoms. The van der Waals surface area contributed by atoms with Gasteiger partial charge in [0.05, 0.1) is 0 Å². The first-order chi connectivity index (χ1) is 5.81. The second kappa shape index (κ2) is 12.8. The van der Waals surface area contributed by atoms with Crippen molar-refractivity contribution < 1.29 is 6.53 Å². The van der Waals surface area contributed by atoms with E-state index >= 15 is 0 Å². The summed E-state index contributed by atoms with van der Waals surface area (Å²) in [6, 6.07) is 10.3. The largest absolute Gasteiger partial charge is 0.397 e. The maximum absolute atomic E-state index is 7.57. The first kappa shape index (κ1) is 13.7. The number of hydrogen-bond acceptors (Lipinski definition) is 1. The summed E-state index contributed by atoms with van der Waals surface area (Å²) in [6.45, 7) is 8.01. The van der Waals surface area contributed by atoms with Gasteiger partial charge in [-0.05, 0) is 13.8 Å². The third kappa shape index (κ3) is 11.9. The van der Waals surface area contributed by atoms with Crippen molar-refractivity contribution in [2.45, 2.75) is 27.7 Å². The van der Waals surface area contributed by atoms with Crippen LogP contribution in [0.1, 0.15) is 27.8 Å². The van der Waals surface area contributed by atoms with Crippen LogP contribution in [0.4, 0.5) is 0 Å². The number of rotatable bonds is 0. The summed E-state index contributed by atoms with van der Waals surface area (Å²) in [5, 5.41) is 7.57. The molecule has 1 N–H and O–H groups in total. The van der Waals surface area contributed by atoms with Gasteiger partial charge in [0.15, 0.2) is 0 Å². The molecule has 1 aromatic rings. The fourth-order valence-electron chi connectivity index (χ4n) is 0.534. The Morgan fingerprint density at radius 2 is 1.50 bits per heavy atom. The molecule has 0 aliphatic rings. The Morgan fingerprint density at radius 1 is 1.17 bits per heavy atom. The smallest absolute Gasteiger partial charge is 0.0402 e. The summed E-state index contributed by atoms with van der Waals surface area (Å²) in [5.41, 5.74) is 1.32. The van der Waals surface area contributed by atoms with Crippen LogP contribution in [0.15, 0.2) is 30.3 Å². The summed E-state index contributed by atoms with van der Waals surface area (Å²) in [5.74, 6) is 0. The number of aryl methyl sites for hydroxylation is 1. The van der Waals surface area contributed by atoms with Crippen molar-refractivity contribution in [1.82, 2.24) is 0 Å². The summed E-state index contributed by atoms with van der Waals surface area (Å²) in [7, 11) is 0. The molecule has 72 valence electrons. The van der Waals surface area contributed by atoms with E-state index in [1.807, 2.05) is 32.0 Å². The van der Waals surface area contributed by atoms with Gasteiger partial charge in [0.25, 0.3) is 0 Å². The van der Waals surface area contributed by atoms with Gasteiger partial charge in [-0.2, -0.15) is 0 Å². The predicted molar refractivity (Wildman–Crippen MR) is 57.4 cm³/mol. The maximum atomic E-state index is 7.57. The van der Waals surface area contributed by atoms with E-state index in [0.717, 1.165) is 0 Å². The van der Waals surface area contributed by atoms with E-state index in [2.05, 4.69) is 19.1 Å². The molecule has 0 aliphatic heterocycles. The van der Waals surface area contributed by atoms with Crippen molar-refractivity contribution in [3.8, 4) is 0 Å².